The Bertz CT molecular complexity index is 470. The Balaban J connectivity index is 2.68. The molecule has 0 aliphatic carbocycles. The van der Waals surface area contributed by atoms with E-state index in [0.29, 0.717) is 18.8 Å². The molecule has 6 heteroatoms. The minimum Gasteiger partial charge on any atom is -0.482 e. The number of aromatic carboxylic acids is 1. The first-order valence-corrected chi connectivity index (χ1v) is 6.03. The van der Waals surface area contributed by atoms with Crippen molar-refractivity contribution < 1.29 is 19.4 Å². The van der Waals surface area contributed by atoms with Gasteiger partial charge in [0.25, 0.3) is 5.91 Å². The van der Waals surface area contributed by atoms with Gasteiger partial charge < -0.3 is 20.5 Å². The number of carboxylic acids is 1. The number of hydrogen-bond acceptors (Lipinski definition) is 4. The minimum absolute atomic E-state index is 0.0833. The number of amides is 1. The third-order valence-corrected chi connectivity index (χ3v) is 2.72. The van der Waals surface area contributed by atoms with Crippen LogP contribution < -0.4 is 10.5 Å². The molecule has 3 N–H and O–H groups in total. The van der Waals surface area contributed by atoms with Gasteiger partial charge in [-0.3, -0.25) is 4.79 Å². The first-order valence-electron chi connectivity index (χ1n) is 6.03. The number of rotatable bonds is 6. The molecule has 0 heterocycles. The van der Waals surface area contributed by atoms with Crippen LogP contribution in [0.4, 0.5) is 5.69 Å². The number of carbonyl (C=O) groups excluding carboxylic acids is 1. The van der Waals surface area contributed by atoms with Gasteiger partial charge in [-0.05, 0) is 32.0 Å². The van der Waals surface area contributed by atoms with Gasteiger partial charge >= 0.3 is 5.97 Å². The Morgan fingerprint density at radius 2 is 1.95 bits per heavy atom. The predicted octanol–water partition coefficient (Wildman–Crippen LogP) is 1.21. The second-order valence-electron chi connectivity index (χ2n) is 3.91. The second-order valence-corrected chi connectivity index (χ2v) is 3.91. The first kappa shape index (κ1) is 14.8. The highest BCUT2D eigenvalue weighted by atomic mass is 16.5. The van der Waals surface area contributed by atoms with Crippen molar-refractivity contribution in [1.29, 1.82) is 0 Å². The van der Waals surface area contributed by atoms with Crippen molar-refractivity contribution in [1.82, 2.24) is 4.90 Å². The van der Waals surface area contributed by atoms with Gasteiger partial charge in [0.05, 0.1) is 11.3 Å². The number of carboxylic acid groups (broad SMARTS) is 1. The topological polar surface area (TPSA) is 92.9 Å². The Morgan fingerprint density at radius 3 is 2.42 bits per heavy atom. The molecule has 0 saturated heterocycles. The molecule has 104 valence electrons. The lowest BCUT2D eigenvalue weighted by atomic mass is 10.2. The van der Waals surface area contributed by atoms with Crippen molar-refractivity contribution >= 4 is 17.6 Å². The summed E-state index contributed by atoms with van der Waals surface area (Å²) in [5.74, 6) is -0.880. The standard InChI is InChI=1S/C13H18N2O4/c1-3-15(4-2)12(16)8-19-11-6-5-9(13(17)18)7-10(11)14/h5-7H,3-4,8,14H2,1-2H3,(H,17,18). The Morgan fingerprint density at radius 1 is 1.32 bits per heavy atom. The molecule has 19 heavy (non-hydrogen) atoms. The molecule has 1 amide bonds. The maximum atomic E-state index is 11.7. The van der Waals surface area contributed by atoms with Crippen molar-refractivity contribution in [3.8, 4) is 5.75 Å². The molecule has 0 fully saturated rings. The zero-order chi connectivity index (χ0) is 14.4. The molecule has 1 aromatic rings. The molecular weight excluding hydrogens is 248 g/mol. The summed E-state index contributed by atoms with van der Waals surface area (Å²) in [5, 5.41) is 8.80. The van der Waals surface area contributed by atoms with Gasteiger partial charge in [0, 0.05) is 13.1 Å². The van der Waals surface area contributed by atoms with Crippen molar-refractivity contribution in [3.63, 3.8) is 0 Å². The van der Waals surface area contributed by atoms with E-state index in [1.165, 1.54) is 18.2 Å². The molecule has 0 saturated carbocycles. The molecule has 0 aromatic heterocycles. The minimum atomic E-state index is -1.06. The number of nitrogen functional groups attached to an aromatic ring is 1. The summed E-state index contributed by atoms with van der Waals surface area (Å²) >= 11 is 0. The summed E-state index contributed by atoms with van der Waals surface area (Å²) in [6.07, 6.45) is 0. The summed E-state index contributed by atoms with van der Waals surface area (Å²) in [5.41, 5.74) is 5.96. The van der Waals surface area contributed by atoms with Gasteiger partial charge in [-0.25, -0.2) is 4.79 Å². The Labute approximate surface area is 111 Å². The second kappa shape index (κ2) is 6.63. The molecule has 0 aliphatic heterocycles. The van der Waals surface area contributed by atoms with E-state index in [4.69, 9.17) is 15.6 Å². The lowest BCUT2D eigenvalue weighted by Gasteiger charge is -2.19. The van der Waals surface area contributed by atoms with E-state index >= 15 is 0 Å². The van der Waals surface area contributed by atoms with Crippen LogP contribution in [0.15, 0.2) is 18.2 Å². The van der Waals surface area contributed by atoms with Crippen molar-refractivity contribution in [2.75, 3.05) is 25.4 Å². The number of carbonyl (C=O) groups is 2. The van der Waals surface area contributed by atoms with Crippen LogP contribution in [0.5, 0.6) is 5.75 Å². The van der Waals surface area contributed by atoms with Crippen LogP contribution in [0.25, 0.3) is 0 Å². The van der Waals surface area contributed by atoms with Gasteiger partial charge in [0.1, 0.15) is 5.75 Å². The highest BCUT2D eigenvalue weighted by molar-refractivity contribution is 5.89. The summed E-state index contributed by atoms with van der Waals surface area (Å²) in [4.78, 5) is 24.1. The van der Waals surface area contributed by atoms with Crippen molar-refractivity contribution in [3.05, 3.63) is 23.8 Å². The van der Waals surface area contributed by atoms with Crippen molar-refractivity contribution in [2.45, 2.75) is 13.8 Å². The normalized spacial score (nSPS) is 10.0. The third kappa shape index (κ3) is 3.87. The molecule has 1 aromatic carbocycles. The quantitative estimate of drug-likeness (QED) is 0.755. The van der Waals surface area contributed by atoms with Gasteiger partial charge in [-0.2, -0.15) is 0 Å². The van der Waals surface area contributed by atoms with Crippen LogP contribution >= 0.6 is 0 Å². The Kier molecular flexibility index (Phi) is 5.17. The van der Waals surface area contributed by atoms with Crippen LogP contribution in [-0.2, 0) is 4.79 Å². The predicted molar refractivity (Wildman–Crippen MR) is 71.2 cm³/mol. The first-order chi connectivity index (χ1) is 8.99. The van der Waals surface area contributed by atoms with Gasteiger partial charge in [0.15, 0.2) is 6.61 Å². The molecule has 0 radical (unpaired) electrons. The molecule has 0 aliphatic rings. The maximum Gasteiger partial charge on any atom is 0.335 e. The van der Waals surface area contributed by atoms with Crippen LogP contribution in [0.2, 0.25) is 0 Å². The van der Waals surface area contributed by atoms with Gasteiger partial charge in [-0.1, -0.05) is 0 Å². The number of hydrogen-bond donors (Lipinski definition) is 2. The SMILES string of the molecule is CCN(CC)C(=O)COc1ccc(C(=O)O)cc1N. The van der Waals surface area contributed by atoms with E-state index in [2.05, 4.69) is 0 Å². The molecule has 1 rings (SSSR count). The average molecular weight is 266 g/mol. The molecule has 0 bridgehead atoms. The summed E-state index contributed by atoms with van der Waals surface area (Å²) in [7, 11) is 0. The Hall–Kier alpha value is -2.24. The van der Waals surface area contributed by atoms with Crippen molar-refractivity contribution in [2.24, 2.45) is 0 Å². The monoisotopic (exact) mass is 266 g/mol. The van der Waals surface area contributed by atoms with Crippen LogP contribution in [-0.4, -0.2) is 41.6 Å². The highest BCUT2D eigenvalue weighted by Gasteiger charge is 2.12. The van der Waals surface area contributed by atoms with Crippen LogP contribution in [0.1, 0.15) is 24.2 Å². The molecule has 0 unspecified atom stereocenters. The van der Waals surface area contributed by atoms with Crippen LogP contribution in [0, 0.1) is 0 Å². The van der Waals surface area contributed by atoms with Crippen LogP contribution in [0.3, 0.4) is 0 Å². The fourth-order valence-corrected chi connectivity index (χ4v) is 1.62. The number of nitrogens with zero attached hydrogens (tertiary/aromatic N) is 1. The lowest BCUT2D eigenvalue weighted by molar-refractivity contribution is -0.132. The summed E-state index contributed by atoms with van der Waals surface area (Å²) in [6, 6.07) is 4.14. The molecular formula is C13H18N2O4. The van der Waals surface area contributed by atoms with E-state index < -0.39 is 5.97 Å². The highest BCUT2D eigenvalue weighted by Crippen LogP contribution is 2.22. The number of nitrogens with two attached hydrogens (primary N) is 1. The maximum absolute atomic E-state index is 11.7. The fraction of sp³-hybridized carbons (Fsp3) is 0.385. The third-order valence-electron chi connectivity index (χ3n) is 2.72. The molecule has 6 nitrogen and oxygen atoms in total. The summed E-state index contributed by atoms with van der Waals surface area (Å²) < 4.78 is 5.31. The number of ether oxygens (including phenoxy) is 1. The van der Waals surface area contributed by atoms with E-state index in [9.17, 15) is 9.59 Å². The molecule has 0 spiro atoms. The van der Waals surface area contributed by atoms with E-state index in [1.807, 2.05) is 13.8 Å². The zero-order valence-corrected chi connectivity index (χ0v) is 11.0. The number of benzene rings is 1. The fourth-order valence-electron chi connectivity index (χ4n) is 1.62. The molecule has 0 atom stereocenters. The van der Waals surface area contributed by atoms with Gasteiger partial charge in [0.2, 0.25) is 0 Å². The summed E-state index contributed by atoms with van der Waals surface area (Å²) in [6.45, 7) is 4.89. The number of likely N-dealkylation sites (N-methyl/N-ethyl adjacent to an activating group) is 1. The van der Waals surface area contributed by atoms with E-state index in [0.717, 1.165) is 0 Å². The zero-order valence-electron chi connectivity index (χ0n) is 11.0. The number of anilines is 1. The average Bonchev–Trinajstić information content (AvgIpc) is 2.38. The lowest BCUT2D eigenvalue weighted by Crippen LogP contribution is -2.34. The smallest absolute Gasteiger partial charge is 0.335 e. The van der Waals surface area contributed by atoms with E-state index in [1.54, 1.807) is 4.90 Å². The largest absolute Gasteiger partial charge is 0.482 e. The van der Waals surface area contributed by atoms with E-state index in [-0.39, 0.29) is 23.8 Å². The van der Waals surface area contributed by atoms with Gasteiger partial charge in [-0.15, -0.1) is 0 Å².